The Labute approximate surface area is 186 Å². The summed E-state index contributed by atoms with van der Waals surface area (Å²) in [4.78, 5) is 0.0469. The van der Waals surface area contributed by atoms with Gasteiger partial charge >= 0.3 is 0 Å². The molecule has 6 nitrogen and oxygen atoms in total. The zero-order valence-electron chi connectivity index (χ0n) is 17.3. The summed E-state index contributed by atoms with van der Waals surface area (Å²) >= 11 is 6.15. The molecule has 2 unspecified atom stereocenters. The van der Waals surface area contributed by atoms with E-state index in [-0.39, 0.29) is 23.4 Å². The lowest BCUT2D eigenvalue weighted by Gasteiger charge is -2.21. The second-order valence-electron chi connectivity index (χ2n) is 7.86. The molecule has 2 atom stereocenters. The summed E-state index contributed by atoms with van der Waals surface area (Å²) in [5.74, 6) is -0.279. The average molecular weight is 463 g/mol. The van der Waals surface area contributed by atoms with Crippen LogP contribution in [0, 0.1) is 5.82 Å². The van der Waals surface area contributed by atoms with Crippen LogP contribution in [0.25, 0.3) is 0 Å². The summed E-state index contributed by atoms with van der Waals surface area (Å²) in [5, 5.41) is 7.90. The van der Waals surface area contributed by atoms with Crippen molar-refractivity contribution in [3.63, 3.8) is 0 Å². The van der Waals surface area contributed by atoms with Crippen LogP contribution < -0.4 is 10.0 Å². The van der Waals surface area contributed by atoms with Crippen molar-refractivity contribution in [2.75, 3.05) is 7.05 Å². The molecule has 0 saturated carbocycles. The first-order valence-electron chi connectivity index (χ1n) is 9.98. The van der Waals surface area contributed by atoms with Gasteiger partial charge in [0.15, 0.2) is 0 Å². The van der Waals surface area contributed by atoms with Crippen molar-refractivity contribution in [3.05, 3.63) is 81.9 Å². The van der Waals surface area contributed by atoms with E-state index in [1.54, 1.807) is 13.1 Å². The molecule has 3 aromatic rings. The Morgan fingerprint density at radius 1 is 1.29 bits per heavy atom. The molecule has 31 heavy (non-hydrogen) atoms. The van der Waals surface area contributed by atoms with Crippen molar-refractivity contribution in [2.24, 2.45) is 7.05 Å². The maximum Gasteiger partial charge on any atom is 0.243 e. The lowest BCUT2D eigenvalue weighted by Crippen LogP contribution is -2.30. The second kappa shape index (κ2) is 8.70. The summed E-state index contributed by atoms with van der Waals surface area (Å²) in [7, 11) is -0.238. The quantitative estimate of drug-likeness (QED) is 0.565. The molecular formula is C22H24ClFN4O2S. The highest BCUT2D eigenvalue weighted by molar-refractivity contribution is 7.89. The molecule has 1 aliphatic carbocycles. The molecule has 1 heterocycles. The molecule has 9 heteroatoms. The van der Waals surface area contributed by atoms with Gasteiger partial charge in [-0.2, -0.15) is 5.10 Å². The van der Waals surface area contributed by atoms with E-state index in [4.69, 9.17) is 11.6 Å². The number of likely N-dealkylation sites (N-methyl/N-ethyl adjacent to an activating group) is 1. The topological polar surface area (TPSA) is 76.0 Å². The first-order chi connectivity index (χ1) is 14.8. The van der Waals surface area contributed by atoms with Gasteiger partial charge in [0.25, 0.3) is 0 Å². The van der Waals surface area contributed by atoms with E-state index in [1.807, 2.05) is 31.3 Å². The van der Waals surface area contributed by atoms with E-state index in [0.29, 0.717) is 10.6 Å². The van der Waals surface area contributed by atoms with Crippen molar-refractivity contribution in [3.8, 4) is 0 Å². The third kappa shape index (κ3) is 4.67. The van der Waals surface area contributed by atoms with E-state index >= 15 is 0 Å². The monoisotopic (exact) mass is 462 g/mol. The maximum atomic E-state index is 14.8. The van der Waals surface area contributed by atoms with Crippen LogP contribution >= 0.6 is 11.6 Å². The van der Waals surface area contributed by atoms with Gasteiger partial charge in [-0.15, -0.1) is 0 Å². The van der Waals surface area contributed by atoms with Gasteiger partial charge in [0.2, 0.25) is 10.0 Å². The molecule has 0 aliphatic heterocycles. The van der Waals surface area contributed by atoms with Crippen molar-refractivity contribution < 1.29 is 12.8 Å². The number of benzene rings is 2. The minimum atomic E-state index is -3.78. The summed E-state index contributed by atoms with van der Waals surface area (Å²) < 4.78 is 43.6. The molecule has 0 radical (unpaired) electrons. The number of nitrogens with one attached hydrogen (secondary N) is 2. The fraction of sp³-hybridized carbons (Fsp3) is 0.318. The number of fused-ring (bicyclic) bond motifs is 1. The van der Waals surface area contributed by atoms with Crippen LogP contribution in [0.4, 0.5) is 4.39 Å². The third-order valence-corrected chi connectivity index (χ3v) is 7.38. The zero-order chi connectivity index (χ0) is 22.2. The molecule has 4 rings (SSSR count). The molecule has 0 spiro atoms. The summed E-state index contributed by atoms with van der Waals surface area (Å²) in [6.07, 6.45) is 4.14. The standard InChI is InChI=1S/C22H24ClFN4O2S/c1-25-22-10-15-9-21(24)16(11-27-31(29,30)18-12-26-28(2)13-18)8-19(15)20(22)7-14-4-3-5-17(23)6-14/h3-6,8-9,12-13,20,22,25,27H,7,10-11H2,1-2H3. The molecule has 0 saturated heterocycles. The predicted molar refractivity (Wildman–Crippen MR) is 118 cm³/mol. The van der Waals surface area contributed by atoms with Gasteiger partial charge in [-0.3, -0.25) is 4.68 Å². The molecule has 164 valence electrons. The number of hydrogen-bond donors (Lipinski definition) is 2. The molecule has 1 aromatic heterocycles. The Kier molecular flexibility index (Phi) is 6.16. The van der Waals surface area contributed by atoms with Crippen molar-refractivity contribution in [2.45, 2.75) is 36.2 Å². The summed E-state index contributed by atoms with van der Waals surface area (Å²) in [6.45, 7) is -0.134. The maximum absolute atomic E-state index is 14.8. The highest BCUT2D eigenvalue weighted by Crippen LogP contribution is 2.37. The van der Waals surface area contributed by atoms with E-state index in [9.17, 15) is 12.8 Å². The van der Waals surface area contributed by atoms with Crippen LogP contribution in [0.2, 0.25) is 5.02 Å². The van der Waals surface area contributed by atoms with E-state index in [0.717, 1.165) is 29.5 Å². The van der Waals surface area contributed by atoms with Gasteiger partial charge in [0, 0.05) is 42.3 Å². The summed E-state index contributed by atoms with van der Waals surface area (Å²) in [5.41, 5.74) is 3.41. The fourth-order valence-corrected chi connectivity index (χ4v) is 5.40. The van der Waals surface area contributed by atoms with Gasteiger partial charge in [-0.25, -0.2) is 17.5 Å². The highest BCUT2D eigenvalue weighted by atomic mass is 35.5. The minimum absolute atomic E-state index is 0.0469. The molecular weight excluding hydrogens is 439 g/mol. The van der Waals surface area contributed by atoms with Crippen LogP contribution in [0.15, 0.2) is 53.7 Å². The normalized spacial score (nSPS) is 18.3. The number of halogens is 2. The zero-order valence-corrected chi connectivity index (χ0v) is 18.8. The Bertz CT molecular complexity index is 1210. The number of nitrogens with zero attached hydrogens (tertiary/aromatic N) is 2. The summed E-state index contributed by atoms with van der Waals surface area (Å²) in [6, 6.07) is 11.2. The number of sulfonamides is 1. The first-order valence-corrected chi connectivity index (χ1v) is 11.8. The molecule has 0 amide bonds. The number of hydrogen-bond acceptors (Lipinski definition) is 4. The Balaban J connectivity index is 1.59. The van der Waals surface area contributed by atoms with Gasteiger partial charge in [0.05, 0.1) is 6.20 Å². The van der Waals surface area contributed by atoms with Gasteiger partial charge in [0.1, 0.15) is 10.7 Å². The van der Waals surface area contributed by atoms with Crippen LogP contribution in [-0.4, -0.2) is 31.3 Å². The minimum Gasteiger partial charge on any atom is -0.316 e. The molecule has 2 N–H and O–H groups in total. The SMILES string of the molecule is CNC1Cc2cc(F)c(CNS(=O)(=O)c3cnn(C)c3)cc2C1Cc1cccc(Cl)c1. The van der Waals surface area contributed by atoms with E-state index < -0.39 is 15.8 Å². The highest BCUT2D eigenvalue weighted by Gasteiger charge is 2.33. The van der Waals surface area contributed by atoms with Crippen molar-refractivity contribution in [1.82, 2.24) is 19.8 Å². The van der Waals surface area contributed by atoms with E-state index in [2.05, 4.69) is 15.1 Å². The first kappa shape index (κ1) is 22.0. The average Bonchev–Trinajstić information content (AvgIpc) is 3.30. The predicted octanol–water partition coefficient (Wildman–Crippen LogP) is 3.16. The van der Waals surface area contributed by atoms with Crippen molar-refractivity contribution >= 4 is 21.6 Å². The number of aromatic nitrogens is 2. The molecule has 2 aromatic carbocycles. The smallest absolute Gasteiger partial charge is 0.243 e. The van der Waals surface area contributed by atoms with Crippen LogP contribution in [0.1, 0.15) is 28.2 Å². The number of aryl methyl sites for hydroxylation is 1. The lowest BCUT2D eigenvalue weighted by molar-refractivity contribution is 0.492. The molecule has 0 fully saturated rings. The van der Waals surface area contributed by atoms with Crippen molar-refractivity contribution in [1.29, 1.82) is 0 Å². The molecule has 0 bridgehead atoms. The molecule has 1 aliphatic rings. The van der Waals surface area contributed by atoms with Gasteiger partial charge in [-0.1, -0.05) is 29.8 Å². The lowest BCUT2D eigenvalue weighted by atomic mass is 9.90. The largest absolute Gasteiger partial charge is 0.316 e. The number of rotatable bonds is 7. The van der Waals surface area contributed by atoms with Crippen LogP contribution in [0.3, 0.4) is 0 Å². The van der Waals surface area contributed by atoms with Crippen LogP contribution in [0.5, 0.6) is 0 Å². The van der Waals surface area contributed by atoms with E-state index in [1.165, 1.54) is 23.1 Å². The Morgan fingerprint density at radius 3 is 2.77 bits per heavy atom. The Morgan fingerprint density at radius 2 is 2.10 bits per heavy atom. The van der Waals surface area contributed by atoms with Gasteiger partial charge in [-0.05, 0) is 54.8 Å². The van der Waals surface area contributed by atoms with Crippen LogP contribution in [-0.2, 0) is 36.5 Å². The third-order valence-electron chi connectivity index (χ3n) is 5.79. The second-order valence-corrected chi connectivity index (χ2v) is 10.1. The fourth-order valence-electron chi connectivity index (χ4n) is 4.20. The Hall–Kier alpha value is -2.26. The van der Waals surface area contributed by atoms with Gasteiger partial charge < -0.3 is 5.32 Å².